The van der Waals surface area contributed by atoms with E-state index in [0.29, 0.717) is 12.5 Å². The first-order valence-corrected chi connectivity index (χ1v) is 4.70. The molecule has 0 aliphatic carbocycles. The third kappa shape index (κ3) is 2.43. The van der Waals surface area contributed by atoms with Crippen molar-refractivity contribution in [3.63, 3.8) is 0 Å². The van der Waals surface area contributed by atoms with Gasteiger partial charge in [-0.3, -0.25) is 0 Å². The number of nitrogen functional groups attached to an aromatic ring is 1. The van der Waals surface area contributed by atoms with Crippen LogP contribution < -0.4 is 11.1 Å². The van der Waals surface area contributed by atoms with Crippen LogP contribution in [0.2, 0.25) is 0 Å². The van der Waals surface area contributed by atoms with Crippen molar-refractivity contribution in [3.8, 4) is 0 Å². The first-order chi connectivity index (χ1) is 7.36. The van der Waals surface area contributed by atoms with Gasteiger partial charge in [0.15, 0.2) is 0 Å². The van der Waals surface area contributed by atoms with Crippen LogP contribution in [0.3, 0.4) is 0 Å². The molecule has 0 amide bonds. The van der Waals surface area contributed by atoms with Crippen LogP contribution in [0.1, 0.15) is 5.56 Å². The summed E-state index contributed by atoms with van der Waals surface area (Å²) >= 11 is 0. The van der Waals surface area contributed by atoms with E-state index >= 15 is 0 Å². The standard InChI is InChI=1S/C11H12N4/c12-10-5-2-1-4-9(10)8-15-11-13-6-3-7-14-11/h1-7H,8,12H2,(H,13,14,15). The van der Waals surface area contributed by atoms with Crippen molar-refractivity contribution in [1.29, 1.82) is 0 Å². The van der Waals surface area contributed by atoms with E-state index in [9.17, 15) is 0 Å². The van der Waals surface area contributed by atoms with Gasteiger partial charge in [0.2, 0.25) is 5.95 Å². The van der Waals surface area contributed by atoms with E-state index in [2.05, 4.69) is 15.3 Å². The van der Waals surface area contributed by atoms with Crippen molar-refractivity contribution >= 4 is 11.6 Å². The molecule has 0 unspecified atom stereocenters. The monoisotopic (exact) mass is 200 g/mol. The molecular formula is C11H12N4. The van der Waals surface area contributed by atoms with E-state index in [-0.39, 0.29) is 0 Å². The number of hydrogen-bond acceptors (Lipinski definition) is 4. The second-order valence-corrected chi connectivity index (χ2v) is 3.12. The Labute approximate surface area is 88.2 Å². The van der Waals surface area contributed by atoms with Crippen LogP contribution >= 0.6 is 0 Å². The van der Waals surface area contributed by atoms with E-state index in [1.54, 1.807) is 18.5 Å². The maximum absolute atomic E-state index is 5.80. The Balaban J connectivity index is 2.03. The number of rotatable bonds is 3. The molecule has 0 aliphatic heterocycles. The Bertz CT molecular complexity index is 428. The van der Waals surface area contributed by atoms with Gasteiger partial charge in [-0.25, -0.2) is 9.97 Å². The summed E-state index contributed by atoms with van der Waals surface area (Å²) in [7, 11) is 0. The molecule has 2 rings (SSSR count). The van der Waals surface area contributed by atoms with Crippen LogP contribution in [0.15, 0.2) is 42.7 Å². The van der Waals surface area contributed by atoms with Crippen molar-refractivity contribution in [1.82, 2.24) is 9.97 Å². The maximum Gasteiger partial charge on any atom is 0.222 e. The Kier molecular flexibility index (Phi) is 2.78. The fourth-order valence-electron chi connectivity index (χ4n) is 1.26. The lowest BCUT2D eigenvalue weighted by Gasteiger charge is -2.06. The Morgan fingerprint density at radius 1 is 1.07 bits per heavy atom. The summed E-state index contributed by atoms with van der Waals surface area (Å²) in [4.78, 5) is 8.12. The number of nitrogens with zero attached hydrogens (tertiary/aromatic N) is 2. The highest BCUT2D eigenvalue weighted by molar-refractivity contribution is 5.47. The molecule has 4 nitrogen and oxygen atoms in total. The van der Waals surface area contributed by atoms with Gasteiger partial charge in [0.05, 0.1) is 0 Å². The molecule has 0 saturated carbocycles. The highest BCUT2D eigenvalue weighted by atomic mass is 15.1. The minimum absolute atomic E-state index is 0.612. The molecule has 4 heteroatoms. The van der Waals surface area contributed by atoms with E-state index in [0.717, 1.165) is 11.3 Å². The van der Waals surface area contributed by atoms with Crippen molar-refractivity contribution in [2.75, 3.05) is 11.1 Å². The summed E-state index contributed by atoms with van der Waals surface area (Å²) < 4.78 is 0. The highest BCUT2D eigenvalue weighted by Crippen LogP contribution is 2.11. The van der Waals surface area contributed by atoms with Gasteiger partial charge in [0.1, 0.15) is 0 Å². The minimum atomic E-state index is 0.612. The molecule has 76 valence electrons. The first-order valence-electron chi connectivity index (χ1n) is 4.70. The zero-order valence-electron chi connectivity index (χ0n) is 8.22. The molecule has 0 bridgehead atoms. The molecule has 3 N–H and O–H groups in total. The Hall–Kier alpha value is -2.10. The molecule has 0 saturated heterocycles. The number of para-hydroxylation sites is 1. The number of nitrogens with one attached hydrogen (secondary N) is 1. The fourth-order valence-corrected chi connectivity index (χ4v) is 1.26. The van der Waals surface area contributed by atoms with Crippen molar-refractivity contribution in [2.45, 2.75) is 6.54 Å². The second kappa shape index (κ2) is 4.41. The molecule has 0 fully saturated rings. The van der Waals surface area contributed by atoms with E-state index in [1.165, 1.54) is 0 Å². The first kappa shape index (κ1) is 9.45. The van der Waals surface area contributed by atoms with E-state index in [1.807, 2.05) is 24.3 Å². The van der Waals surface area contributed by atoms with Gasteiger partial charge in [-0.1, -0.05) is 18.2 Å². The van der Waals surface area contributed by atoms with Gasteiger partial charge in [-0.2, -0.15) is 0 Å². The van der Waals surface area contributed by atoms with E-state index < -0.39 is 0 Å². The van der Waals surface area contributed by atoms with Crippen LogP contribution in [0, 0.1) is 0 Å². The lowest BCUT2D eigenvalue weighted by molar-refractivity contribution is 1.06. The van der Waals surface area contributed by atoms with Crippen LogP contribution in [-0.4, -0.2) is 9.97 Å². The van der Waals surface area contributed by atoms with Gasteiger partial charge >= 0.3 is 0 Å². The molecule has 0 spiro atoms. The van der Waals surface area contributed by atoms with E-state index in [4.69, 9.17) is 5.73 Å². The smallest absolute Gasteiger partial charge is 0.222 e. The average molecular weight is 200 g/mol. The molecule has 0 atom stereocenters. The molecule has 2 aromatic rings. The number of hydrogen-bond donors (Lipinski definition) is 2. The van der Waals surface area contributed by atoms with Crippen LogP contribution in [-0.2, 0) is 6.54 Å². The molecule has 1 heterocycles. The highest BCUT2D eigenvalue weighted by Gasteiger charge is 1.98. The van der Waals surface area contributed by atoms with Crippen molar-refractivity contribution in [2.24, 2.45) is 0 Å². The predicted octanol–water partition coefficient (Wildman–Crippen LogP) is 1.67. The number of benzene rings is 1. The minimum Gasteiger partial charge on any atom is -0.398 e. The Morgan fingerprint density at radius 2 is 1.80 bits per heavy atom. The average Bonchev–Trinajstić information content (AvgIpc) is 2.29. The number of nitrogens with two attached hydrogens (primary N) is 1. The predicted molar refractivity (Wildman–Crippen MR) is 60.2 cm³/mol. The lowest BCUT2D eigenvalue weighted by atomic mass is 10.2. The summed E-state index contributed by atoms with van der Waals surface area (Å²) in [6.45, 7) is 0.636. The van der Waals surface area contributed by atoms with Gasteiger partial charge in [0, 0.05) is 24.6 Å². The number of aromatic nitrogens is 2. The molecule has 0 aliphatic rings. The fraction of sp³-hybridized carbons (Fsp3) is 0.0909. The largest absolute Gasteiger partial charge is 0.398 e. The van der Waals surface area contributed by atoms with Crippen LogP contribution in [0.25, 0.3) is 0 Å². The van der Waals surface area contributed by atoms with Crippen molar-refractivity contribution < 1.29 is 0 Å². The maximum atomic E-state index is 5.80. The summed E-state index contributed by atoms with van der Waals surface area (Å²) in [6.07, 6.45) is 3.40. The Morgan fingerprint density at radius 3 is 2.53 bits per heavy atom. The molecule has 1 aromatic carbocycles. The molecule has 0 radical (unpaired) electrons. The lowest BCUT2D eigenvalue weighted by Crippen LogP contribution is -2.04. The van der Waals surface area contributed by atoms with Gasteiger partial charge in [-0.05, 0) is 17.7 Å². The second-order valence-electron chi connectivity index (χ2n) is 3.12. The zero-order chi connectivity index (χ0) is 10.5. The number of anilines is 2. The van der Waals surface area contributed by atoms with Gasteiger partial charge in [0.25, 0.3) is 0 Å². The quantitative estimate of drug-likeness (QED) is 0.740. The summed E-state index contributed by atoms with van der Waals surface area (Å²) in [5.41, 5.74) is 7.63. The SMILES string of the molecule is Nc1ccccc1CNc1ncccn1. The third-order valence-electron chi connectivity index (χ3n) is 2.06. The van der Waals surface area contributed by atoms with Crippen molar-refractivity contribution in [3.05, 3.63) is 48.3 Å². The summed E-state index contributed by atoms with van der Waals surface area (Å²) in [5.74, 6) is 0.612. The molecule has 15 heavy (non-hydrogen) atoms. The summed E-state index contributed by atoms with van der Waals surface area (Å²) in [6, 6.07) is 9.51. The summed E-state index contributed by atoms with van der Waals surface area (Å²) in [5, 5.41) is 3.10. The third-order valence-corrected chi connectivity index (χ3v) is 2.06. The zero-order valence-corrected chi connectivity index (χ0v) is 8.22. The topological polar surface area (TPSA) is 63.8 Å². The van der Waals surface area contributed by atoms with Gasteiger partial charge < -0.3 is 11.1 Å². The van der Waals surface area contributed by atoms with Gasteiger partial charge in [-0.15, -0.1) is 0 Å². The normalized spacial score (nSPS) is 9.87. The van der Waals surface area contributed by atoms with Crippen LogP contribution in [0.4, 0.5) is 11.6 Å². The molecule has 1 aromatic heterocycles. The molecular weight excluding hydrogens is 188 g/mol. The van der Waals surface area contributed by atoms with Crippen LogP contribution in [0.5, 0.6) is 0 Å².